The number of nitrogens with one attached hydrogen (secondary N) is 2. The van der Waals surface area contributed by atoms with Crippen LogP contribution in [0.5, 0.6) is 0 Å². The van der Waals surface area contributed by atoms with Crippen molar-refractivity contribution < 1.29 is 14.1 Å². The van der Waals surface area contributed by atoms with Gasteiger partial charge in [0.1, 0.15) is 5.76 Å². The van der Waals surface area contributed by atoms with Crippen molar-refractivity contribution in [3.63, 3.8) is 0 Å². The normalized spacial score (nSPS) is 13.6. The third-order valence-corrected chi connectivity index (χ3v) is 7.57. The van der Waals surface area contributed by atoms with Crippen LogP contribution in [-0.2, 0) is 6.54 Å². The van der Waals surface area contributed by atoms with E-state index in [4.69, 9.17) is 39.8 Å². The summed E-state index contributed by atoms with van der Waals surface area (Å²) in [5.74, 6) is -0.428. The number of hydrogen-bond donors (Lipinski definition) is 2. The number of halogens is 2. The summed E-state index contributed by atoms with van der Waals surface area (Å²) in [6.07, 6.45) is 0. The summed E-state index contributed by atoms with van der Waals surface area (Å²) >= 11 is 18.2. The third-order valence-electron chi connectivity index (χ3n) is 6.69. The molecule has 0 aliphatic carbocycles. The molecular weight excluding hydrogens is 585 g/mol. The summed E-state index contributed by atoms with van der Waals surface area (Å²) in [6, 6.07) is 22.5. The van der Waals surface area contributed by atoms with Crippen molar-refractivity contribution in [3.8, 4) is 11.3 Å². The molecular formula is C29H25Cl2N5O4S. The first-order valence-corrected chi connectivity index (χ1v) is 13.9. The van der Waals surface area contributed by atoms with Gasteiger partial charge in [0.15, 0.2) is 10.9 Å². The van der Waals surface area contributed by atoms with Crippen molar-refractivity contribution in [1.29, 1.82) is 0 Å². The van der Waals surface area contributed by atoms with E-state index < -0.39 is 10.8 Å². The van der Waals surface area contributed by atoms with Gasteiger partial charge in [0.2, 0.25) is 0 Å². The largest absolute Gasteiger partial charge is 0.451 e. The zero-order valence-electron chi connectivity index (χ0n) is 21.7. The highest BCUT2D eigenvalue weighted by atomic mass is 35.5. The number of nitro groups is 1. The number of piperazine rings is 1. The minimum atomic E-state index is -0.593. The Morgan fingerprint density at radius 3 is 2.41 bits per heavy atom. The van der Waals surface area contributed by atoms with E-state index in [0.29, 0.717) is 10.7 Å². The van der Waals surface area contributed by atoms with Gasteiger partial charge in [0, 0.05) is 49.5 Å². The van der Waals surface area contributed by atoms with Crippen molar-refractivity contribution in [3.05, 3.63) is 110 Å². The molecule has 1 aromatic heterocycles. The molecule has 41 heavy (non-hydrogen) atoms. The van der Waals surface area contributed by atoms with E-state index >= 15 is 0 Å². The number of nitrogens with zero attached hydrogens (tertiary/aromatic N) is 3. The zero-order chi connectivity index (χ0) is 28.9. The van der Waals surface area contributed by atoms with Gasteiger partial charge in [0.05, 0.1) is 21.2 Å². The summed E-state index contributed by atoms with van der Waals surface area (Å²) in [4.78, 5) is 28.1. The Bertz CT molecular complexity index is 1600. The predicted molar refractivity (Wildman–Crippen MR) is 165 cm³/mol. The van der Waals surface area contributed by atoms with E-state index in [1.54, 1.807) is 24.3 Å². The standard InChI is InChI=1S/C29H25Cl2N5O4S/c30-22-7-3-1-5-19(22)18-34-13-15-35(16-14-34)25-10-9-20(17-23(25)31)32-29(41)33-28(37)27-12-11-26(40-27)21-6-2-4-8-24(21)36(38)39/h1-12,17H,13-16,18H2,(H2,32,33,37,41). The van der Waals surface area contributed by atoms with Crippen molar-refractivity contribution in [2.24, 2.45) is 0 Å². The highest BCUT2D eigenvalue weighted by molar-refractivity contribution is 7.80. The molecule has 1 saturated heterocycles. The van der Waals surface area contributed by atoms with E-state index in [2.05, 4.69) is 26.5 Å². The van der Waals surface area contributed by atoms with Gasteiger partial charge in [-0.3, -0.25) is 25.1 Å². The lowest BCUT2D eigenvalue weighted by atomic mass is 10.1. The van der Waals surface area contributed by atoms with Crippen LogP contribution in [-0.4, -0.2) is 47.0 Å². The lowest BCUT2D eigenvalue weighted by Gasteiger charge is -2.36. The third kappa shape index (κ3) is 6.86. The van der Waals surface area contributed by atoms with Crippen molar-refractivity contribution >= 4 is 63.5 Å². The molecule has 1 aliphatic rings. The minimum absolute atomic E-state index is 0.0376. The molecule has 0 radical (unpaired) electrons. The molecule has 1 aliphatic heterocycles. The average molecular weight is 611 g/mol. The fourth-order valence-electron chi connectivity index (χ4n) is 4.63. The number of para-hydroxylation sites is 1. The topological polar surface area (TPSA) is 104 Å². The van der Waals surface area contributed by atoms with Crippen molar-refractivity contribution in [2.45, 2.75) is 6.54 Å². The Labute approximate surface area is 251 Å². The molecule has 3 aromatic carbocycles. The number of anilines is 2. The van der Waals surface area contributed by atoms with Gasteiger partial charge in [-0.05, 0) is 60.2 Å². The SMILES string of the molecule is O=C(NC(=S)Nc1ccc(N2CCN(Cc3ccccc3Cl)CC2)c(Cl)c1)c1ccc(-c2ccccc2[N+](=O)[O-])o1. The molecule has 2 heterocycles. The number of benzene rings is 3. The van der Waals surface area contributed by atoms with Crippen LogP contribution in [0.3, 0.4) is 0 Å². The molecule has 0 saturated carbocycles. The molecule has 210 valence electrons. The number of thiocarbonyl (C=S) groups is 1. The van der Waals surface area contributed by atoms with Gasteiger partial charge in [0.25, 0.3) is 11.6 Å². The van der Waals surface area contributed by atoms with Gasteiger partial charge in [-0.1, -0.05) is 53.5 Å². The summed E-state index contributed by atoms with van der Waals surface area (Å²) in [7, 11) is 0. The van der Waals surface area contributed by atoms with Crippen LogP contribution in [0.4, 0.5) is 17.1 Å². The molecule has 0 bridgehead atoms. The lowest BCUT2D eigenvalue weighted by Crippen LogP contribution is -2.46. The Morgan fingerprint density at radius 2 is 1.68 bits per heavy atom. The first-order chi connectivity index (χ1) is 19.8. The summed E-state index contributed by atoms with van der Waals surface area (Å²) in [6.45, 7) is 4.21. The van der Waals surface area contributed by atoms with E-state index in [0.717, 1.165) is 49.0 Å². The van der Waals surface area contributed by atoms with Crippen LogP contribution < -0.4 is 15.5 Å². The fourth-order valence-corrected chi connectivity index (χ4v) is 5.33. The number of carbonyl (C=O) groups is 1. The second-order valence-electron chi connectivity index (χ2n) is 9.37. The summed E-state index contributed by atoms with van der Waals surface area (Å²) in [5, 5.41) is 18.2. The smallest absolute Gasteiger partial charge is 0.293 e. The number of rotatable bonds is 7. The monoisotopic (exact) mass is 609 g/mol. The van der Waals surface area contributed by atoms with Gasteiger partial charge in [-0.15, -0.1) is 0 Å². The molecule has 4 aromatic rings. The van der Waals surface area contributed by atoms with Crippen LogP contribution in [0.25, 0.3) is 11.3 Å². The van der Waals surface area contributed by atoms with E-state index in [1.807, 2.05) is 30.3 Å². The van der Waals surface area contributed by atoms with Crippen LogP contribution in [0.1, 0.15) is 16.1 Å². The molecule has 1 fully saturated rings. The first kappa shape index (κ1) is 28.6. The zero-order valence-corrected chi connectivity index (χ0v) is 24.0. The maximum atomic E-state index is 12.7. The van der Waals surface area contributed by atoms with Gasteiger partial charge < -0.3 is 14.6 Å². The number of furan rings is 1. The van der Waals surface area contributed by atoms with Gasteiger partial charge >= 0.3 is 0 Å². The maximum absolute atomic E-state index is 12.7. The number of hydrogen-bond acceptors (Lipinski definition) is 7. The van der Waals surface area contributed by atoms with Crippen LogP contribution in [0.2, 0.25) is 10.0 Å². The lowest BCUT2D eigenvalue weighted by molar-refractivity contribution is -0.384. The molecule has 5 rings (SSSR count). The Morgan fingerprint density at radius 1 is 0.951 bits per heavy atom. The Hall–Kier alpha value is -3.96. The highest BCUT2D eigenvalue weighted by Gasteiger charge is 2.21. The van der Waals surface area contributed by atoms with Crippen LogP contribution in [0, 0.1) is 10.1 Å². The molecule has 0 unspecified atom stereocenters. The molecule has 12 heteroatoms. The van der Waals surface area contributed by atoms with E-state index in [-0.39, 0.29) is 27.9 Å². The molecule has 0 spiro atoms. The number of amides is 1. The summed E-state index contributed by atoms with van der Waals surface area (Å²) in [5.41, 5.74) is 2.80. The number of carbonyl (C=O) groups excluding carboxylic acids is 1. The second-order valence-corrected chi connectivity index (χ2v) is 10.6. The molecule has 0 atom stereocenters. The number of nitro benzene ring substituents is 1. The van der Waals surface area contributed by atoms with Crippen molar-refractivity contribution in [2.75, 3.05) is 36.4 Å². The Kier molecular flexibility index (Phi) is 8.84. The Balaban J connectivity index is 1.15. The van der Waals surface area contributed by atoms with E-state index in [9.17, 15) is 14.9 Å². The van der Waals surface area contributed by atoms with Crippen LogP contribution >= 0.6 is 35.4 Å². The van der Waals surface area contributed by atoms with Crippen LogP contribution in [0.15, 0.2) is 83.3 Å². The van der Waals surface area contributed by atoms with Crippen molar-refractivity contribution in [1.82, 2.24) is 10.2 Å². The van der Waals surface area contributed by atoms with E-state index in [1.165, 1.54) is 18.2 Å². The average Bonchev–Trinajstić information content (AvgIpc) is 3.45. The first-order valence-electron chi connectivity index (χ1n) is 12.7. The maximum Gasteiger partial charge on any atom is 0.293 e. The predicted octanol–water partition coefficient (Wildman–Crippen LogP) is 6.61. The summed E-state index contributed by atoms with van der Waals surface area (Å²) < 4.78 is 5.58. The highest BCUT2D eigenvalue weighted by Crippen LogP contribution is 2.32. The molecule has 9 nitrogen and oxygen atoms in total. The molecule has 1 amide bonds. The second kappa shape index (κ2) is 12.7. The van der Waals surface area contributed by atoms with Gasteiger partial charge in [-0.25, -0.2) is 0 Å². The quantitative estimate of drug-likeness (QED) is 0.137. The molecule has 2 N–H and O–H groups in total. The van der Waals surface area contributed by atoms with Gasteiger partial charge in [-0.2, -0.15) is 0 Å². The fraction of sp³-hybridized carbons (Fsp3) is 0.172. The minimum Gasteiger partial charge on any atom is -0.451 e.